The number of halogens is 2. The Hall–Kier alpha value is -1.77. The zero-order valence-electron chi connectivity index (χ0n) is 14.4. The van der Waals surface area contributed by atoms with Gasteiger partial charge in [0.25, 0.3) is 0 Å². The average molecular weight is 361 g/mol. The summed E-state index contributed by atoms with van der Waals surface area (Å²) in [6.45, 7) is 8.36. The smallest absolute Gasteiger partial charge is 0.0686 e. The van der Waals surface area contributed by atoms with E-state index < -0.39 is 0 Å². The number of hydrogen-bond donors (Lipinski definition) is 0. The molecule has 0 unspecified atom stereocenters. The minimum absolute atomic E-state index is 0.419. The third kappa shape index (κ3) is 4.00. The molecule has 0 radical (unpaired) electrons. The molecule has 0 fully saturated rings. The van der Waals surface area contributed by atoms with Gasteiger partial charge in [-0.25, -0.2) is 4.68 Å². The zero-order chi connectivity index (χ0) is 17.7. The fraction of sp³-hybridized carbons (Fsp3) is 0.250. The van der Waals surface area contributed by atoms with Gasteiger partial charge in [-0.3, -0.25) is 0 Å². The van der Waals surface area contributed by atoms with Crippen LogP contribution in [-0.4, -0.2) is 9.78 Å². The summed E-state index contributed by atoms with van der Waals surface area (Å²) in [4.78, 5) is 0. The van der Waals surface area contributed by atoms with E-state index in [1.807, 2.05) is 49.0 Å². The molecule has 0 N–H and O–H groups in total. The maximum absolute atomic E-state index is 6.14. The fourth-order valence-electron chi connectivity index (χ4n) is 2.50. The van der Waals surface area contributed by atoms with Crippen molar-refractivity contribution < 1.29 is 0 Å². The molecule has 0 atom stereocenters. The summed E-state index contributed by atoms with van der Waals surface area (Å²) in [6.07, 6.45) is 3.75. The number of nitrogens with zero attached hydrogens (tertiary/aromatic N) is 2. The Morgan fingerprint density at radius 1 is 0.917 bits per heavy atom. The second-order valence-electron chi connectivity index (χ2n) is 5.51. The van der Waals surface area contributed by atoms with Crippen LogP contribution in [0.2, 0.25) is 10.0 Å². The van der Waals surface area contributed by atoms with Gasteiger partial charge in [0.1, 0.15) is 0 Å². The summed E-state index contributed by atoms with van der Waals surface area (Å²) in [5, 5.41) is 5.49. The standard InChI is InChI=1S/C18H16Cl2N2.C2H6/c1-12(2)15-6-4-14(11-18(15)22-9-3-8-21-22)13-5-7-16(19)17(20)10-13;1-2/h3-12H,1-2H3;1-2H3. The molecule has 3 aromatic rings. The normalized spacial score (nSPS) is 10.5. The van der Waals surface area contributed by atoms with E-state index in [-0.39, 0.29) is 0 Å². The summed E-state index contributed by atoms with van der Waals surface area (Å²) in [7, 11) is 0. The van der Waals surface area contributed by atoms with Gasteiger partial charge in [-0.1, -0.05) is 69.1 Å². The molecule has 4 heteroatoms. The summed E-state index contributed by atoms with van der Waals surface area (Å²) in [6, 6.07) is 14.0. The molecule has 0 bridgehead atoms. The monoisotopic (exact) mass is 360 g/mol. The van der Waals surface area contributed by atoms with Gasteiger partial charge < -0.3 is 0 Å². The van der Waals surface area contributed by atoms with Crippen LogP contribution in [0.3, 0.4) is 0 Å². The molecule has 24 heavy (non-hydrogen) atoms. The second kappa shape index (κ2) is 8.36. The molecule has 126 valence electrons. The fourth-order valence-corrected chi connectivity index (χ4v) is 2.79. The predicted octanol–water partition coefficient (Wildman–Crippen LogP) is 7.00. The Bertz CT molecular complexity index is 793. The van der Waals surface area contributed by atoms with Crippen LogP contribution in [0, 0.1) is 0 Å². The maximum atomic E-state index is 6.14. The molecular formula is C20H22Cl2N2. The Kier molecular flexibility index (Phi) is 6.47. The lowest BCUT2D eigenvalue weighted by atomic mass is 9.96. The summed E-state index contributed by atoms with van der Waals surface area (Å²) in [5.41, 5.74) is 4.47. The molecule has 1 heterocycles. The summed E-state index contributed by atoms with van der Waals surface area (Å²) < 4.78 is 1.90. The molecule has 0 spiro atoms. The van der Waals surface area contributed by atoms with Gasteiger partial charge in [0, 0.05) is 12.4 Å². The Morgan fingerprint density at radius 2 is 1.58 bits per heavy atom. The Morgan fingerprint density at radius 3 is 2.17 bits per heavy atom. The lowest BCUT2D eigenvalue weighted by Crippen LogP contribution is -2.02. The molecule has 1 aromatic heterocycles. The summed E-state index contributed by atoms with van der Waals surface area (Å²) in [5.74, 6) is 0.419. The number of rotatable bonds is 3. The molecule has 0 aliphatic rings. The van der Waals surface area contributed by atoms with E-state index in [4.69, 9.17) is 23.2 Å². The van der Waals surface area contributed by atoms with Crippen LogP contribution < -0.4 is 0 Å². The van der Waals surface area contributed by atoms with Crippen molar-refractivity contribution in [1.29, 1.82) is 0 Å². The predicted molar refractivity (Wildman–Crippen MR) is 104 cm³/mol. The van der Waals surface area contributed by atoms with E-state index in [9.17, 15) is 0 Å². The highest BCUT2D eigenvalue weighted by atomic mass is 35.5. The van der Waals surface area contributed by atoms with E-state index in [1.165, 1.54) is 5.56 Å². The van der Waals surface area contributed by atoms with Crippen LogP contribution in [0.5, 0.6) is 0 Å². The lowest BCUT2D eigenvalue weighted by Gasteiger charge is -2.15. The van der Waals surface area contributed by atoms with Crippen LogP contribution in [0.4, 0.5) is 0 Å². The highest BCUT2D eigenvalue weighted by Gasteiger charge is 2.11. The van der Waals surface area contributed by atoms with Gasteiger partial charge in [-0.2, -0.15) is 5.10 Å². The third-order valence-electron chi connectivity index (χ3n) is 3.66. The van der Waals surface area contributed by atoms with Gasteiger partial charge in [0.2, 0.25) is 0 Å². The first-order chi connectivity index (χ1) is 11.6. The second-order valence-corrected chi connectivity index (χ2v) is 6.32. The molecule has 2 nitrogen and oxygen atoms in total. The molecule has 0 amide bonds. The minimum atomic E-state index is 0.419. The van der Waals surface area contributed by atoms with Crippen LogP contribution in [0.1, 0.15) is 39.2 Å². The highest BCUT2D eigenvalue weighted by molar-refractivity contribution is 6.42. The van der Waals surface area contributed by atoms with Crippen molar-refractivity contribution in [1.82, 2.24) is 9.78 Å². The van der Waals surface area contributed by atoms with Crippen LogP contribution in [0.25, 0.3) is 16.8 Å². The van der Waals surface area contributed by atoms with Crippen LogP contribution >= 0.6 is 23.2 Å². The first kappa shape index (κ1) is 18.6. The maximum Gasteiger partial charge on any atom is 0.0686 e. The van der Waals surface area contributed by atoms with Crippen molar-refractivity contribution in [2.75, 3.05) is 0 Å². The van der Waals surface area contributed by atoms with Crippen molar-refractivity contribution >= 4 is 23.2 Å². The number of aromatic nitrogens is 2. The van der Waals surface area contributed by atoms with Gasteiger partial charge in [-0.15, -0.1) is 0 Å². The van der Waals surface area contributed by atoms with E-state index >= 15 is 0 Å². The van der Waals surface area contributed by atoms with E-state index in [0.717, 1.165) is 16.8 Å². The summed E-state index contributed by atoms with van der Waals surface area (Å²) >= 11 is 12.1. The minimum Gasteiger partial charge on any atom is -0.241 e. The molecule has 0 saturated heterocycles. The Balaban J connectivity index is 0.00000100. The van der Waals surface area contributed by atoms with E-state index in [1.54, 1.807) is 6.20 Å². The SMILES string of the molecule is CC.CC(C)c1ccc(-c2ccc(Cl)c(Cl)c2)cc1-n1cccn1. The first-order valence-electron chi connectivity index (χ1n) is 8.15. The van der Waals surface area contributed by atoms with Crippen molar-refractivity contribution in [2.24, 2.45) is 0 Å². The molecule has 3 rings (SSSR count). The highest BCUT2D eigenvalue weighted by Crippen LogP contribution is 2.32. The molecule has 2 aromatic carbocycles. The Labute approximate surface area is 154 Å². The van der Waals surface area contributed by atoms with E-state index in [0.29, 0.717) is 16.0 Å². The first-order valence-corrected chi connectivity index (χ1v) is 8.91. The van der Waals surface area contributed by atoms with Crippen LogP contribution in [0.15, 0.2) is 54.9 Å². The van der Waals surface area contributed by atoms with Crippen LogP contribution in [-0.2, 0) is 0 Å². The van der Waals surface area contributed by atoms with Crippen molar-refractivity contribution in [3.8, 4) is 16.8 Å². The van der Waals surface area contributed by atoms with Gasteiger partial charge >= 0.3 is 0 Å². The van der Waals surface area contributed by atoms with Crippen molar-refractivity contribution in [2.45, 2.75) is 33.6 Å². The molecule has 0 saturated carbocycles. The number of benzene rings is 2. The number of hydrogen-bond acceptors (Lipinski definition) is 1. The quantitative estimate of drug-likeness (QED) is 0.491. The molecule has 0 aliphatic carbocycles. The van der Waals surface area contributed by atoms with Gasteiger partial charge in [0.05, 0.1) is 15.7 Å². The van der Waals surface area contributed by atoms with Gasteiger partial charge in [-0.05, 0) is 46.9 Å². The largest absolute Gasteiger partial charge is 0.241 e. The lowest BCUT2D eigenvalue weighted by molar-refractivity contribution is 0.809. The van der Waals surface area contributed by atoms with Gasteiger partial charge in [0.15, 0.2) is 0 Å². The molecular weight excluding hydrogens is 339 g/mol. The van der Waals surface area contributed by atoms with Crippen molar-refractivity contribution in [3.05, 3.63) is 70.5 Å². The molecule has 0 aliphatic heterocycles. The zero-order valence-corrected chi connectivity index (χ0v) is 15.9. The average Bonchev–Trinajstić information content (AvgIpc) is 3.13. The topological polar surface area (TPSA) is 17.8 Å². The van der Waals surface area contributed by atoms with E-state index in [2.05, 4.69) is 37.1 Å². The third-order valence-corrected chi connectivity index (χ3v) is 4.40. The van der Waals surface area contributed by atoms with Crippen molar-refractivity contribution in [3.63, 3.8) is 0 Å².